The molecule has 0 bridgehead atoms. The average molecular weight is 346 g/mol. The minimum absolute atomic E-state index is 0.00433. The Labute approximate surface area is 136 Å². The van der Waals surface area contributed by atoms with Crippen molar-refractivity contribution < 1.29 is 27.6 Å². The van der Waals surface area contributed by atoms with Crippen LogP contribution in [-0.4, -0.2) is 65.4 Å². The molecule has 1 heterocycles. The Morgan fingerprint density at radius 1 is 1.46 bits per heavy atom. The topological polar surface area (TPSA) is 93.5 Å². The number of likely N-dealkylation sites (N-methyl/N-ethyl adjacent to an activating group) is 1. The van der Waals surface area contributed by atoms with E-state index in [2.05, 4.69) is 6.58 Å². The predicted molar refractivity (Wildman–Crippen MR) is 76.2 cm³/mol. The number of halogens is 3. The first-order chi connectivity index (χ1) is 11.1. The van der Waals surface area contributed by atoms with Crippen molar-refractivity contribution in [1.82, 2.24) is 15.1 Å². The molecule has 1 atom stereocenters. The van der Waals surface area contributed by atoms with Gasteiger partial charge in [0.1, 0.15) is 5.54 Å². The van der Waals surface area contributed by atoms with Gasteiger partial charge in [0.05, 0.1) is 19.2 Å². The summed E-state index contributed by atoms with van der Waals surface area (Å²) in [6.07, 6.45) is -4.20. The molecule has 1 aliphatic rings. The minimum Gasteiger partial charge on any atom is -0.338 e. The Morgan fingerprint density at radius 2 is 2.08 bits per heavy atom. The third-order valence-electron chi connectivity index (χ3n) is 3.64. The van der Waals surface area contributed by atoms with Crippen molar-refractivity contribution in [3.05, 3.63) is 12.7 Å². The number of rotatable bonds is 5. The fourth-order valence-electron chi connectivity index (χ4n) is 2.27. The lowest BCUT2D eigenvalue weighted by Crippen LogP contribution is -2.54. The van der Waals surface area contributed by atoms with E-state index >= 15 is 0 Å². The molecule has 0 aliphatic carbocycles. The van der Waals surface area contributed by atoms with E-state index in [1.54, 1.807) is 18.3 Å². The molecule has 1 fully saturated rings. The number of carbonyl (C=O) groups is 3. The summed E-state index contributed by atoms with van der Waals surface area (Å²) >= 11 is 0. The Bertz CT molecular complexity index is 585. The first kappa shape index (κ1) is 19.5. The second kappa shape index (κ2) is 7.33. The van der Waals surface area contributed by atoms with E-state index in [9.17, 15) is 27.6 Å². The van der Waals surface area contributed by atoms with Crippen LogP contribution in [0, 0.1) is 11.3 Å². The van der Waals surface area contributed by atoms with E-state index < -0.39 is 29.4 Å². The van der Waals surface area contributed by atoms with E-state index in [-0.39, 0.29) is 32.6 Å². The standard InChI is InChI=1S/C14H17F3N4O3/c1-3-10(22)20(4-2)7-11(23)21-6-5-13(8-18,9-21)19-12(24)14(15,16)17/h3H,1,4-7,9H2,2H3,(H,19,24). The van der Waals surface area contributed by atoms with Gasteiger partial charge in [-0.3, -0.25) is 14.4 Å². The van der Waals surface area contributed by atoms with Gasteiger partial charge < -0.3 is 15.1 Å². The van der Waals surface area contributed by atoms with Crippen LogP contribution in [0.2, 0.25) is 0 Å². The van der Waals surface area contributed by atoms with Gasteiger partial charge in [-0.05, 0) is 13.0 Å². The van der Waals surface area contributed by atoms with E-state index in [0.29, 0.717) is 0 Å². The van der Waals surface area contributed by atoms with E-state index in [1.807, 2.05) is 0 Å². The van der Waals surface area contributed by atoms with Crippen molar-refractivity contribution in [3.63, 3.8) is 0 Å². The molecule has 1 unspecified atom stereocenters. The van der Waals surface area contributed by atoms with Crippen LogP contribution >= 0.6 is 0 Å². The van der Waals surface area contributed by atoms with Crippen molar-refractivity contribution >= 4 is 17.7 Å². The molecular weight excluding hydrogens is 329 g/mol. The zero-order valence-corrected chi connectivity index (χ0v) is 13.0. The molecule has 24 heavy (non-hydrogen) atoms. The largest absolute Gasteiger partial charge is 0.471 e. The van der Waals surface area contributed by atoms with Crippen LogP contribution in [0.5, 0.6) is 0 Å². The molecule has 0 aromatic heterocycles. The molecule has 1 rings (SSSR count). The molecule has 3 amide bonds. The normalized spacial score (nSPS) is 20.2. The molecule has 1 saturated heterocycles. The zero-order chi connectivity index (χ0) is 18.5. The molecule has 10 heteroatoms. The summed E-state index contributed by atoms with van der Waals surface area (Å²) in [5.41, 5.74) is -1.79. The van der Waals surface area contributed by atoms with Crippen LogP contribution in [0.3, 0.4) is 0 Å². The average Bonchev–Trinajstić information content (AvgIpc) is 2.95. The Hall–Kier alpha value is -2.57. The summed E-state index contributed by atoms with van der Waals surface area (Å²) in [4.78, 5) is 37.1. The lowest BCUT2D eigenvalue weighted by atomic mass is 10.0. The highest BCUT2D eigenvalue weighted by atomic mass is 19.4. The number of likely N-dealkylation sites (tertiary alicyclic amines) is 1. The molecular formula is C14H17F3N4O3. The summed E-state index contributed by atoms with van der Waals surface area (Å²) in [5, 5.41) is 10.8. The van der Waals surface area contributed by atoms with E-state index in [0.717, 1.165) is 11.0 Å². The predicted octanol–water partition coefficient (Wildman–Crippen LogP) is 0.194. The van der Waals surface area contributed by atoms with Crippen LogP contribution in [0.15, 0.2) is 12.7 Å². The quantitative estimate of drug-likeness (QED) is 0.720. The number of nitrogens with zero attached hydrogens (tertiary/aromatic N) is 3. The van der Waals surface area contributed by atoms with Crippen LogP contribution < -0.4 is 5.32 Å². The molecule has 1 N–H and O–H groups in total. The van der Waals surface area contributed by atoms with Gasteiger partial charge in [0, 0.05) is 19.5 Å². The lowest BCUT2D eigenvalue weighted by molar-refractivity contribution is -0.175. The van der Waals surface area contributed by atoms with Crippen molar-refractivity contribution in [2.75, 3.05) is 26.2 Å². The number of nitriles is 1. The third kappa shape index (κ3) is 4.47. The van der Waals surface area contributed by atoms with Gasteiger partial charge in [0.25, 0.3) is 0 Å². The highest BCUT2D eigenvalue weighted by Gasteiger charge is 2.48. The maximum atomic E-state index is 12.4. The molecule has 132 valence electrons. The van der Waals surface area contributed by atoms with Crippen molar-refractivity contribution in [2.24, 2.45) is 0 Å². The van der Waals surface area contributed by atoms with Gasteiger partial charge in [0.15, 0.2) is 0 Å². The van der Waals surface area contributed by atoms with Crippen molar-refractivity contribution in [1.29, 1.82) is 5.26 Å². The van der Waals surface area contributed by atoms with Crippen molar-refractivity contribution in [2.45, 2.75) is 25.1 Å². The summed E-state index contributed by atoms with van der Waals surface area (Å²) in [5.74, 6) is -3.21. The SMILES string of the molecule is C=CC(=O)N(CC)CC(=O)N1CCC(C#N)(NC(=O)C(F)(F)F)C1. The number of hydrogen-bond acceptors (Lipinski definition) is 4. The van der Waals surface area contributed by atoms with Crippen LogP contribution in [0.4, 0.5) is 13.2 Å². The van der Waals surface area contributed by atoms with Gasteiger partial charge in [-0.1, -0.05) is 6.58 Å². The van der Waals surface area contributed by atoms with Crippen LogP contribution in [0.1, 0.15) is 13.3 Å². The van der Waals surface area contributed by atoms with E-state index in [1.165, 1.54) is 4.90 Å². The highest BCUT2D eigenvalue weighted by Crippen LogP contribution is 2.24. The summed E-state index contributed by atoms with van der Waals surface area (Å²) in [6, 6.07) is 1.64. The van der Waals surface area contributed by atoms with Crippen LogP contribution in [-0.2, 0) is 14.4 Å². The fourth-order valence-corrected chi connectivity index (χ4v) is 2.27. The fraction of sp³-hybridized carbons (Fsp3) is 0.571. The number of amides is 3. The summed E-state index contributed by atoms with van der Waals surface area (Å²) in [6.45, 7) is 4.57. The number of alkyl halides is 3. The van der Waals surface area contributed by atoms with Gasteiger partial charge in [-0.25, -0.2) is 0 Å². The van der Waals surface area contributed by atoms with Gasteiger partial charge in [-0.15, -0.1) is 0 Å². The lowest BCUT2D eigenvalue weighted by Gasteiger charge is -2.25. The third-order valence-corrected chi connectivity index (χ3v) is 3.64. The molecule has 0 saturated carbocycles. The molecule has 0 radical (unpaired) electrons. The Kier molecular flexibility index (Phi) is 5.95. The second-order valence-corrected chi connectivity index (χ2v) is 5.27. The molecule has 0 spiro atoms. The molecule has 7 nitrogen and oxygen atoms in total. The number of hydrogen-bond donors (Lipinski definition) is 1. The second-order valence-electron chi connectivity index (χ2n) is 5.27. The molecule has 0 aromatic carbocycles. The van der Waals surface area contributed by atoms with Crippen LogP contribution in [0.25, 0.3) is 0 Å². The molecule has 1 aliphatic heterocycles. The molecule has 0 aromatic rings. The maximum Gasteiger partial charge on any atom is 0.471 e. The smallest absolute Gasteiger partial charge is 0.338 e. The monoisotopic (exact) mass is 346 g/mol. The Balaban J connectivity index is 2.77. The van der Waals surface area contributed by atoms with Gasteiger partial charge in [-0.2, -0.15) is 18.4 Å². The maximum absolute atomic E-state index is 12.4. The Morgan fingerprint density at radius 3 is 2.54 bits per heavy atom. The van der Waals surface area contributed by atoms with Gasteiger partial charge >= 0.3 is 12.1 Å². The zero-order valence-electron chi connectivity index (χ0n) is 13.0. The minimum atomic E-state index is -5.11. The first-order valence-corrected chi connectivity index (χ1v) is 7.08. The van der Waals surface area contributed by atoms with E-state index in [4.69, 9.17) is 5.26 Å². The highest BCUT2D eigenvalue weighted by molar-refractivity contribution is 5.91. The first-order valence-electron chi connectivity index (χ1n) is 7.08. The summed E-state index contributed by atoms with van der Waals surface area (Å²) < 4.78 is 37.1. The van der Waals surface area contributed by atoms with Crippen molar-refractivity contribution in [3.8, 4) is 6.07 Å². The number of carbonyl (C=O) groups excluding carboxylic acids is 3. The number of nitrogens with one attached hydrogen (secondary N) is 1. The van der Waals surface area contributed by atoms with Gasteiger partial charge in [0.2, 0.25) is 11.8 Å². The summed E-state index contributed by atoms with van der Waals surface area (Å²) in [7, 11) is 0.